The molecule has 3 atom stereocenters. The van der Waals surface area contributed by atoms with Gasteiger partial charge in [-0.2, -0.15) is 0 Å². The highest BCUT2D eigenvalue weighted by molar-refractivity contribution is 5.89. The zero-order chi connectivity index (χ0) is 12.6. The second kappa shape index (κ2) is 4.49. The molecule has 1 amide bonds. The first-order valence-electron chi connectivity index (χ1n) is 6.04. The van der Waals surface area contributed by atoms with E-state index in [2.05, 4.69) is 0 Å². The minimum absolute atomic E-state index is 0.215. The van der Waals surface area contributed by atoms with Crippen LogP contribution in [0.2, 0.25) is 0 Å². The van der Waals surface area contributed by atoms with Crippen LogP contribution in [0.3, 0.4) is 0 Å². The number of allylic oxidation sites excluding steroid dienone is 2. The summed E-state index contributed by atoms with van der Waals surface area (Å²) < 4.78 is 0. The topological polar surface area (TPSA) is 83.6 Å². The van der Waals surface area contributed by atoms with E-state index in [1.807, 2.05) is 6.08 Å². The van der Waals surface area contributed by atoms with Crippen molar-refractivity contribution in [2.75, 3.05) is 0 Å². The molecule has 1 saturated heterocycles. The fourth-order valence-corrected chi connectivity index (χ4v) is 2.73. The molecule has 5 nitrogen and oxygen atoms in total. The van der Waals surface area contributed by atoms with Gasteiger partial charge >= 0.3 is 5.97 Å². The number of carbonyl (C=O) groups is 2. The maximum Gasteiger partial charge on any atom is 0.326 e. The van der Waals surface area contributed by atoms with Crippen molar-refractivity contribution in [1.29, 1.82) is 0 Å². The van der Waals surface area contributed by atoms with Crippen LogP contribution < -0.4 is 5.73 Å². The average Bonchev–Trinajstić information content (AvgIpc) is 2.67. The molecule has 1 aliphatic carbocycles. The highest BCUT2D eigenvalue weighted by Crippen LogP contribution is 2.40. The van der Waals surface area contributed by atoms with Crippen LogP contribution >= 0.6 is 0 Å². The van der Waals surface area contributed by atoms with E-state index >= 15 is 0 Å². The van der Waals surface area contributed by atoms with Crippen LogP contribution in [0.15, 0.2) is 11.8 Å². The Morgan fingerprint density at radius 3 is 2.88 bits per heavy atom. The summed E-state index contributed by atoms with van der Waals surface area (Å²) in [5.74, 6) is -1.00. The number of carboxylic acid groups (broad SMARTS) is 1. The summed E-state index contributed by atoms with van der Waals surface area (Å²) in [5, 5.41) is 9.20. The maximum absolute atomic E-state index is 12.0. The highest BCUT2D eigenvalue weighted by atomic mass is 16.4. The van der Waals surface area contributed by atoms with E-state index in [1.54, 1.807) is 6.92 Å². The molecule has 1 aliphatic heterocycles. The number of carbonyl (C=O) groups excluding carboxylic acids is 1. The van der Waals surface area contributed by atoms with E-state index in [1.165, 1.54) is 4.90 Å². The van der Waals surface area contributed by atoms with Gasteiger partial charge < -0.3 is 15.7 Å². The van der Waals surface area contributed by atoms with Crippen molar-refractivity contribution in [3.8, 4) is 0 Å². The van der Waals surface area contributed by atoms with Crippen molar-refractivity contribution in [3.05, 3.63) is 11.8 Å². The lowest BCUT2D eigenvalue weighted by molar-refractivity contribution is -0.147. The molecule has 0 aromatic rings. The summed E-state index contributed by atoms with van der Waals surface area (Å²) in [7, 11) is 0. The molecule has 0 radical (unpaired) electrons. The number of nitrogens with zero attached hydrogens (tertiary/aromatic N) is 1. The summed E-state index contributed by atoms with van der Waals surface area (Å²) in [6.07, 6.45) is 5.48. The van der Waals surface area contributed by atoms with Crippen molar-refractivity contribution >= 4 is 11.9 Å². The molecule has 0 saturated carbocycles. The largest absolute Gasteiger partial charge is 0.480 e. The fraction of sp³-hybridized carbons (Fsp3) is 0.667. The monoisotopic (exact) mass is 238 g/mol. The number of likely N-dealkylation sites (tertiary alicyclic amines) is 1. The van der Waals surface area contributed by atoms with Crippen LogP contribution in [-0.4, -0.2) is 34.0 Å². The van der Waals surface area contributed by atoms with Crippen molar-refractivity contribution in [2.45, 2.75) is 44.7 Å². The van der Waals surface area contributed by atoms with Crippen LogP contribution in [0.5, 0.6) is 0 Å². The van der Waals surface area contributed by atoms with E-state index in [-0.39, 0.29) is 11.8 Å². The number of amides is 1. The van der Waals surface area contributed by atoms with E-state index < -0.39 is 18.1 Å². The van der Waals surface area contributed by atoms with E-state index in [0.29, 0.717) is 6.42 Å². The Hall–Kier alpha value is -1.36. The predicted octanol–water partition coefficient (Wildman–Crippen LogP) is 0.703. The van der Waals surface area contributed by atoms with Gasteiger partial charge in [0, 0.05) is 11.6 Å². The van der Waals surface area contributed by atoms with Gasteiger partial charge in [0.1, 0.15) is 6.04 Å². The number of fused-ring (bicyclic) bond motifs is 1. The lowest BCUT2D eigenvalue weighted by Gasteiger charge is -2.27. The number of hydrogen-bond donors (Lipinski definition) is 2. The number of nitrogens with two attached hydrogens (primary N) is 1. The molecule has 0 aromatic heterocycles. The third-order valence-electron chi connectivity index (χ3n) is 3.54. The summed E-state index contributed by atoms with van der Waals surface area (Å²) in [4.78, 5) is 24.6. The highest BCUT2D eigenvalue weighted by Gasteiger charge is 2.44. The van der Waals surface area contributed by atoms with Crippen LogP contribution in [0, 0.1) is 5.92 Å². The first-order chi connectivity index (χ1) is 8.02. The summed E-state index contributed by atoms with van der Waals surface area (Å²) >= 11 is 0. The smallest absolute Gasteiger partial charge is 0.326 e. The van der Waals surface area contributed by atoms with Gasteiger partial charge in [-0.3, -0.25) is 4.79 Å². The molecule has 1 fully saturated rings. The molecule has 2 rings (SSSR count). The number of carboxylic acids is 1. The first-order valence-corrected chi connectivity index (χ1v) is 6.04. The molecule has 2 aliphatic rings. The van der Waals surface area contributed by atoms with Gasteiger partial charge in [0.2, 0.25) is 5.91 Å². The molecule has 0 bridgehead atoms. The van der Waals surface area contributed by atoms with Crippen LogP contribution in [0.25, 0.3) is 0 Å². The molecule has 17 heavy (non-hydrogen) atoms. The van der Waals surface area contributed by atoms with Crippen LogP contribution in [-0.2, 0) is 9.59 Å². The van der Waals surface area contributed by atoms with Crippen molar-refractivity contribution in [2.24, 2.45) is 11.7 Å². The Labute approximate surface area is 100 Å². The fourth-order valence-electron chi connectivity index (χ4n) is 2.73. The Bertz CT molecular complexity index is 376. The van der Waals surface area contributed by atoms with Crippen LogP contribution in [0.1, 0.15) is 32.6 Å². The summed E-state index contributed by atoms with van der Waals surface area (Å²) in [6, 6.07) is -1.39. The third kappa shape index (κ3) is 2.07. The first kappa shape index (κ1) is 12.1. The Kier molecular flexibility index (Phi) is 3.19. The van der Waals surface area contributed by atoms with Gasteiger partial charge in [0.25, 0.3) is 0 Å². The Morgan fingerprint density at radius 2 is 2.29 bits per heavy atom. The summed E-state index contributed by atoms with van der Waals surface area (Å²) in [6.45, 7) is 1.60. The standard InChI is InChI=1S/C12H18N2O3/c1-7(13)11(15)14-9-5-3-2-4-8(9)6-10(14)12(16)17/h5,7-8,10H,2-4,6,13H2,1H3,(H,16,17)/t7-,8?,10-/m0/s1. The van der Waals surface area contributed by atoms with Gasteiger partial charge in [0.05, 0.1) is 6.04 Å². The lowest BCUT2D eigenvalue weighted by atomic mass is 9.91. The number of aliphatic carboxylic acids is 1. The average molecular weight is 238 g/mol. The second-order valence-electron chi connectivity index (χ2n) is 4.84. The molecular weight excluding hydrogens is 220 g/mol. The molecule has 1 heterocycles. The Balaban J connectivity index is 2.32. The Morgan fingerprint density at radius 1 is 1.59 bits per heavy atom. The minimum atomic E-state index is -0.936. The minimum Gasteiger partial charge on any atom is -0.480 e. The summed E-state index contributed by atoms with van der Waals surface area (Å²) in [5.41, 5.74) is 6.47. The quantitative estimate of drug-likeness (QED) is 0.742. The zero-order valence-electron chi connectivity index (χ0n) is 9.93. The number of hydrogen-bond acceptors (Lipinski definition) is 3. The van der Waals surface area contributed by atoms with Gasteiger partial charge in [0.15, 0.2) is 0 Å². The van der Waals surface area contributed by atoms with Crippen molar-refractivity contribution < 1.29 is 14.7 Å². The van der Waals surface area contributed by atoms with Gasteiger partial charge in [-0.1, -0.05) is 6.08 Å². The van der Waals surface area contributed by atoms with Crippen LogP contribution in [0.4, 0.5) is 0 Å². The maximum atomic E-state index is 12.0. The molecule has 0 aromatic carbocycles. The van der Waals surface area contributed by atoms with Crippen molar-refractivity contribution in [3.63, 3.8) is 0 Å². The third-order valence-corrected chi connectivity index (χ3v) is 3.54. The van der Waals surface area contributed by atoms with Gasteiger partial charge in [-0.25, -0.2) is 4.79 Å². The van der Waals surface area contributed by atoms with Gasteiger partial charge in [-0.05, 0) is 32.6 Å². The molecule has 0 spiro atoms. The molecule has 5 heteroatoms. The molecule has 94 valence electrons. The predicted molar refractivity (Wildman–Crippen MR) is 62.0 cm³/mol. The molecular formula is C12H18N2O3. The van der Waals surface area contributed by atoms with E-state index in [4.69, 9.17) is 5.73 Å². The zero-order valence-corrected chi connectivity index (χ0v) is 9.93. The lowest BCUT2D eigenvalue weighted by Crippen LogP contribution is -2.46. The molecule has 3 N–H and O–H groups in total. The van der Waals surface area contributed by atoms with E-state index in [9.17, 15) is 14.7 Å². The normalized spacial score (nSPS) is 29.5. The van der Waals surface area contributed by atoms with E-state index in [0.717, 1.165) is 25.0 Å². The molecule has 1 unspecified atom stereocenters. The van der Waals surface area contributed by atoms with Crippen molar-refractivity contribution in [1.82, 2.24) is 4.90 Å². The SMILES string of the molecule is C[C@H](N)C(=O)N1C2=CCCCC2C[C@H]1C(=O)O. The van der Waals surface area contributed by atoms with Gasteiger partial charge in [-0.15, -0.1) is 0 Å². The number of rotatable bonds is 2. The second-order valence-corrected chi connectivity index (χ2v) is 4.84.